The number of aryl methyl sites for hydroxylation is 1. The van der Waals surface area contributed by atoms with Gasteiger partial charge in [-0.25, -0.2) is 0 Å². The van der Waals surface area contributed by atoms with Gasteiger partial charge < -0.3 is 15.5 Å². The summed E-state index contributed by atoms with van der Waals surface area (Å²) in [6.07, 6.45) is 0. The first kappa shape index (κ1) is 10.0. The predicted octanol–water partition coefficient (Wildman–Crippen LogP) is 3.22. The normalized spacial score (nSPS) is 11.2. The van der Waals surface area contributed by atoms with Crippen molar-refractivity contribution in [3.63, 3.8) is 0 Å². The van der Waals surface area contributed by atoms with Crippen LogP contribution >= 0.6 is 0 Å². The number of nitrogens with one attached hydrogen (secondary N) is 1. The zero-order chi connectivity index (χ0) is 12.0. The van der Waals surface area contributed by atoms with Crippen molar-refractivity contribution in [2.45, 2.75) is 6.92 Å². The summed E-state index contributed by atoms with van der Waals surface area (Å²) in [5.41, 5.74) is 10.0. The summed E-state index contributed by atoms with van der Waals surface area (Å²) in [5, 5.41) is 2.35. The number of ether oxygens (including phenoxy) is 1. The van der Waals surface area contributed by atoms with Crippen LogP contribution in [0.1, 0.15) is 5.56 Å². The van der Waals surface area contributed by atoms with E-state index in [-0.39, 0.29) is 0 Å². The number of H-pyrrole nitrogens is 1. The minimum Gasteiger partial charge on any atom is -0.497 e. The fraction of sp³-hybridized carbons (Fsp3) is 0.143. The summed E-state index contributed by atoms with van der Waals surface area (Å²) in [6.45, 7) is 2.03. The number of nitrogens with two attached hydrogens (primary N) is 1. The molecule has 0 bridgehead atoms. The van der Waals surface area contributed by atoms with Crippen LogP contribution in [-0.2, 0) is 0 Å². The van der Waals surface area contributed by atoms with E-state index in [0.717, 1.165) is 28.0 Å². The lowest BCUT2D eigenvalue weighted by Crippen LogP contribution is -1.89. The van der Waals surface area contributed by atoms with Crippen molar-refractivity contribution in [2.24, 2.45) is 0 Å². The lowest BCUT2D eigenvalue weighted by atomic mass is 10.1. The SMILES string of the molecule is COc1ccc2[nH]c3c(C)c(N)ccc3c2c1. The maximum atomic E-state index is 5.92. The van der Waals surface area contributed by atoms with Gasteiger partial charge in [0.25, 0.3) is 0 Å². The van der Waals surface area contributed by atoms with Crippen molar-refractivity contribution in [2.75, 3.05) is 12.8 Å². The van der Waals surface area contributed by atoms with Gasteiger partial charge in [-0.2, -0.15) is 0 Å². The zero-order valence-electron chi connectivity index (χ0n) is 9.87. The quantitative estimate of drug-likeness (QED) is 0.626. The highest BCUT2D eigenvalue weighted by Gasteiger charge is 2.08. The Hall–Kier alpha value is -2.16. The van der Waals surface area contributed by atoms with Gasteiger partial charge in [0.15, 0.2) is 0 Å². The molecule has 3 N–H and O–H groups in total. The molecule has 0 amide bonds. The van der Waals surface area contributed by atoms with Crippen LogP contribution in [0.5, 0.6) is 5.75 Å². The average Bonchev–Trinajstić information content (AvgIpc) is 2.72. The number of nitrogen functional groups attached to an aromatic ring is 1. The van der Waals surface area contributed by atoms with Gasteiger partial charge in [-0.1, -0.05) is 6.07 Å². The molecule has 2 aromatic carbocycles. The molecule has 0 saturated carbocycles. The lowest BCUT2D eigenvalue weighted by molar-refractivity contribution is 0.415. The number of fused-ring (bicyclic) bond motifs is 3. The highest BCUT2D eigenvalue weighted by atomic mass is 16.5. The van der Waals surface area contributed by atoms with Gasteiger partial charge in [0.2, 0.25) is 0 Å². The van der Waals surface area contributed by atoms with Gasteiger partial charge in [0.05, 0.1) is 12.6 Å². The molecule has 3 nitrogen and oxygen atoms in total. The highest BCUT2D eigenvalue weighted by molar-refractivity contribution is 6.09. The molecule has 3 rings (SSSR count). The lowest BCUT2D eigenvalue weighted by Gasteiger charge is -2.01. The zero-order valence-corrected chi connectivity index (χ0v) is 9.87. The Labute approximate surface area is 99.2 Å². The Morgan fingerprint density at radius 3 is 2.71 bits per heavy atom. The summed E-state index contributed by atoms with van der Waals surface area (Å²) in [6, 6.07) is 10.0. The van der Waals surface area contributed by atoms with Crippen molar-refractivity contribution >= 4 is 27.5 Å². The second-order valence-corrected chi connectivity index (χ2v) is 4.24. The van der Waals surface area contributed by atoms with E-state index < -0.39 is 0 Å². The molecule has 0 aliphatic rings. The molecule has 0 radical (unpaired) electrons. The Morgan fingerprint density at radius 2 is 1.94 bits per heavy atom. The van der Waals surface area contributed by atoms with Crippen LogP contribution in [-0.4, -0.2) is 12.1 Å². The van der Waals surface area contributed by atoms with E-state index in [1.165, 1.54) is 10.8 Å². The van der Waals surface area contributed by atoms with Crippen LogP contribution < -0.4 is 10.5 Å². The number of aromatic nitrogens is 1. The molecule has 1 heterocycles. The van der Waals surface area contributed by atoms with Crippen LogP contribution in [0.15, 0.2) is 30.3 Å². The molecule has 0 unspecified atom stereocenters. The first-order valence-electron chi connectivity index (χ1n) is 5.55. The van der Waals surface area contributed by atoms with Crippen LogP contribution in [0, 0.1) is 6.92 Å². The van der Waals surface area contributed by atoms with Crippen LogP contribution in [0.25, 0.3) is 21.8 Å². The Morgan fingerprint density at radius 1 is 1.12 bits per heavy atom. The highest BCUT2D eigenvalue weighted by Crippen LogP contribution is 2.32. The minimum atomic E-state index is 0.816. The van der Waals surface area contributed by atoms with E-state index in [4.69, 9.17) is 10.5 Å². The smallest absolute Gasteiger partial charge is 0.119 e. The molecule has 0 spiro atoms. The van der Waals surface area contributed by atoms with Crippen molar-refractivity contribution in [1.82, 2.24) is 4.98 Å². The van der Waals surface area contributed by atoms with Crippen LogP contribution in [0.3, 0.4) is 0 Å². The number of hydrogen-bond acceptors (Lipinski definition) is 2. The third kappa shape index (κ3) is 1.35. The molecule has 1 aromatic heterocycles. The summed E-state index contributed by atoms with van der Waals surface area (Å²) < 4.78 is 5.26. The third-order valence-electron chi connectivity index (χ3n) is 3.28. The van der Waals surface area contributed by atoms with Crippen LogP contribution in [0.2, 0.25) is 0 Å². The largest absolute Gasteiger partial charge is 0.497 e. The predicted molar refractivity (Wildman–Crippen MR) is 71.5 cm³/mol. The van der Waals surface area contributed by atoms with Gasteiger partial charge in [0, 0.05) is 22.0 Å². The molecule has 0 aliphatic carbocycles. The van der Waals surface area contributed by atoms with Crippen molar-refractivity contribution < 1.29 is 4.74 Å². The van der Waals surface area contributed by atoms with Gasteiger partial charge in [0.1, 0.15) is 5.75 Å². The maximum absolute atomic E-state index is 5.92. The molecule has 0 aliphatic heterocycles. The Balaban J connectivity index is 2.46. The molecule has 3 aromatic rings. The van der Waals surface area contributed by atoms with Crippen molar-refractivity contribution in [1.29, 1.82) is 0 Å². The first-order valence-corrected chi connectivity index (χ1v) is 5.55. The number of benzene rings is 2. The first-order chi connectivity index (χ1) is 8.20. The number of anilines is 1. The Kier molecular flexibility index (Phi) is 2.01. The van der Waals surface area contributed by atoms with E-state index in [1.54, 1.807) is 7.11 Å². The van der Waals surface area contributed by atoms with E-state index in [9.17, 15) is 0 Å². The second-order valence-electron chi connectivity index (χ2n) is 4.24. The summed E-state index contributed by atoms with van der Waals surface area (Å²) in [4.78, 5) is 3.40. The Bertz CT molecular complexity index is 713. The van der Waals surface area contributed by atoms with E-state index >= 15 is 0 Å². The topological polar surface area (TPSA) is 51.0 Å². The molecule has 0 atom stereocenters. The number of methoxy groups -OCH3 is 1. The van der Waals surface area contributed by atoms with Crippen molar-refractivity contribution in [3.8, 4) is 5.75 Å². The molecule has 17 heavy (non-hydrogen) atoms. The molecular weight excluding hydrogens is 212 g/mol. The molecule has 86 valence electrons. The average molecular weight is 226 g/mol. The fourth-order valence-electron chi connectivity index (χ4n) is 2.23. The number of rotatable bonds is 1. The van der Waals surface area contributed by atoms with Crippen LogP contribution in [0.4, 0.5) is 5.69 Å². The van der Waals surface area contributed by atoms with Gasteiger partial charge in [-0.15, -0.1) is 0 Å². The summed E-state index contributed by atoms with van der Waals surface area (Å²) in [5.74, 6) is 0.868. The minimum absolute atomic E-state index is 0.816. The van der Waals surface area contributed by atoms with E-state index in [0.29, 0.717) is 0 Å². The van der Waals surface area contributed by atoms with Gasteiger partial charge in [-0.3, -0.25) is 0 Å². The standard InChI is InChI=1S/C14H14N2O/c1-8-12(15)5-4-10-11-7-9(17-2)3-6-13(11)16-14(8)10/h3-7,16H,15H2,1-2H3. The van der Waals surface area contributed by atoms with Gasteiger partial charge >= 0.3 is 0 Å². The number of hydrogen-bond donors (Lipinski definition) is 2. The monoisotopic (exact) mass is 226 g/mol. The summed E-state index contributed by atoms with van der Waals surface area (Å²) in [7, 11) is 1.68. The van der Waals surface area contributed by atoms with E-state index in [2.05, 4.69) is 11.1 Å². The maximum Gasteiger partial charge on any atom is 0.119 e. The van der Waals surface area contributed by atoms with Gasteiger partial charge in [-0.05, 0) is 36.8 Å². The molecule has 3 heteroatoms. The molecular formula is C14H14N2O. The van der Waals surface area contributed by atoms with Crippen molar-refractivity contribution in [3.05, 3.63) is 35.9 Å². The molecule has 0 fully saturated rings. The number of aromatic amines is 1. The fourth-order valence-corrected chi connectivity index (χ4v) is 2.23. The summed E-state index contributed by atoms with van der Waals surface area (Å²) >= 11 is 0. The van der Waals surface area contributed by atoms with E-state index in [1.807, 2.05) is 31.2 Å². The third-order valence-corrected chi connectivity index (χ3v) is 3.28. The second kappa shape index (κ2) is 3.42. The molecule has 0 saturated heterocycles.